The molecule has 2 atom stereocenters. The maximum absolute atomic E-state index is 11.6. The SMILES string of the molecule is CC[C@@H](Cn1ccc2cnc(N/C(C=NC3CCNC3=O)=C/N)nc21)C(C)C. The number of carbonyl (C=O) groups is 1. The molecule has 1 fully saturated rings. The summed E-state index contributed by atoms with van der Waals surface area (Å²) in [5.74, 6) is 1.59. The van der Waals surface area contributed by atoms with Crippen LogP contribution in [0.4, 0.5) is 5.95 Å². The van der Waals surface area contributed by atoms with Gasteiger partial charge in [-0.05, 0) is 24.3 Å². The van der Waals surface area contributed by atoms with Gasteiger partial charge in [0.2, 0.25) is 11.9 Å². The Morgan fingerprint density at radius 2 is 2.36 bits per heavy atom. The van der Waals surface area contributed by atoms with E-state index in [1.807, 2.05) is 6.07 Å². The number of allylic oxidation sites excluding steroid dienone is 1. The highest BCUT2D eigenvalue weighted by atomic mass is 16.2. The van der Waals surface area contributed by atoms with Crippen LogP contribution < -0.4 is 16.4 Å². The second kappa shape index (κ2) is 8.86. The van der Waals surface area contributed by atoms with Gasteiger partial charge >= 0.3 is 0 Å². The number of aliphatic imine (C=N–C) groups is 1. The van der Waals surface area contributed by atoms with E-state index < -0.39 is 0 Å². The van der Waals surface area contributed by atoms with E-state index in [1.165, 1.54) is 6.20 Å². The number of aromatic nitrogens is 3. The minimum Gasteiger partial charge on any atom is -0.403 e. The quantitative estimate of drug-likeness (QED) is 0.606. The van der Waals surface area contributed by atoms with Gasteiger partial charge in [-0.1, -0.05) is 27.2 Å². The van der Waals surface area contributed by atoms with Gasteiger partial charge in [0, 0.05) is 43.3 Å². The van der Waals surface area contributed by atoms with E-state index in [-0.39, 0.29) is 11.9 Å². The molecule has 2 aromatic heterocycles. The maximum atomic E-state index is 11.6. The van der Waals surface area contributed by atoms with E-state index in [0.717, 1.165) is 24.0 Å². The zero-order valence-corrected chi connectivity index (χ0v) is 16.7. The van der Waals surface area contributed by atoms with Gasteiger partial charge in [-0.2, -0.15) is 4.98 Å². The summed E-state index contributed by atoms with van der Waals surface area (Å²) in [5, 5.41) is 6.85. The molecule has 8 nitrogen and oxygen atoms in total. The van der Waals surface area contributed by atoms with Gasteiger partial charge in [0.15, 0.2) is 0 Å². The van der Waals surface area contributed by atoms with Crippen molar-refractivity contribution in [1.29, 1.82) is 0 Å². The molecule has 1 saturated heterocycles. The van der Waals surface area contributed by atoms with E-state index in [4.69, 9.17) is 5.73 Å². The maximum Gasteiger partial charge on any atom is 0.244 e. The van der Waals surface area contributed by atoms with Crippen molar-refractivity contribution in [3.63, 3.8) is 0 Å². The minimum absolute atomic E-state index is 0.0567. The smallest absolute Gasteiger partial charge is 0.244 e. The van der Waals surface area contributed by atoms with Crippen molar-refractivity contribution in [2.24, 2.45) is 22.6 Å². The Bertz CT molecular complexity index is 884. The van der Waals surface area contributed by atoms with Gasteiger partial charge in [0.05, 0.1) is 5.70 Å². The van der Waals surface area contributed by atoms with Crippen LogP contribution in [-0.2, 0) is 11.3 Å². The molecule has 0 spiro atoms. The summed E-state index contributed by atoms with van der Waals surface area (Å²) in [4.78, 5) is 25.0. The molecule has 0 bridgehead atoms. The Morgan fingerprint density at radius 3 is 3.00 bits per heavy atom. The third kappa shape index (κ3) is 4.49. The number of rotatable bonds is 8. The number of hydrogen-bond acceptors (Lipinski definition) is 6. The standard InChI is InChI=1S/C20H29N7O/c1-4-14(13(2)3)12-27-8-6-15-10-24-20(26-18(15)27)25-16(9-21)11-23-17-5-7-22-19(17)28/h6,8-11,13-14,17H,4-5,7,12,21H2,1-3H3,(H,22,28)(H,24,25,26)/b16-9+,23-11?/t14-,17?/m0/s1. The monoisotopic (exact) mass is 383 g/mol. The second-order valence-corrected chi connectivity index (χ2v) is 7.47. The third-order valence-electron chi connectivity index (χ3n) is 5.25. The number of nitrogens with one attached hydrogen (secondary N) is 2. The molecule has 3 rings (SSSR count). The molecule has 0 aromatic carbocycles. The van der Waals surface area contributed by atoms with Crippen molar-refractivity contribution in [2.45, 2.75) is 46.2 Å². The topological polar surface area (TPSA) is 110 Å². The van der Waals surface area contributed by atoms with Gasteiger partial charge in [-0.15, -0.1) is 0 Å². The van der Waals surface area contributed by atoms with Crippen molar-refractivity contribution in [3.8, 4) is 0 Å². The van der Waals surface area contributed by atoms with E-state index in [1.54, 1.807) is 12.4 Å². The van der Waals surface area contributed by atoms with Crippen molar-refractivity contribution in [3.05, 3.63) is 30.4 Å². The fraction of sp³-hybridized carbons (Fsp3) is 0.500. The molecule has 8 heteroatoms. The highest BCUT2D eigenvalue weighted by Gasteiger charge is 2.22. The molecule has 0 saturated carbocycles. The van der Waals surface area contributed by atoms with Crippen molar-refractivity contribution in [2.75, 3.05) is 11.9 Å². The Hall–Kier alpha value is -2.90. The number of nitrogens with zero attached hydrogens (tertiary/aromatic N) is 4. The summed E-state index contributed by atoms with van der Waals surface area (Å²) in [6, 6.07) is 1.67. The van der Waals surface area contributed by atoms with Crippen LogP contribution >= 0.6 is 0 Å². The molecule has 2 aromatic rings. The molecule has 0 radical (unpaired) electrons. The lowest BCUT2D eigenvalue weighted by atomic mass is 9.93. The van der Waals surface area contributed by atoms with Crippen LogP contribution in [0.5, 0.6) is 0 Å². The first kappa shape index (κ1) is 19.9. The second-order valence-electron chi connectivity index (χ2n) is 7.47. The first-order valence-electron chi connectivity index (χ1n) is 9.83. The predicted octanol–water partition coefficient (Wildman–Crippen LogP) is 2.28. The molecule has 150 valence electrons. The van der Waals surface area contributed by atoms with Crippen LogP contribution in [0.2, 0.25) is 0 Å². The van der Waals surface area contributed by atoms with E-state index in [9.17, 15) is 4.79 Å². The number of nitrogens with two attached hydrogens (primary N) is 1. The number of carbonyl (C=O) groups excluding carboxylic acids is 1. The van der Waals surface area contributed by atoms with Crippen LogP contribution in [-0.4, -0.2) is 39.2 Å². The van der Waals surface area contributed by atoms with Crippen molar-refractivity contribution < 1.29 is 4.79 Å². The fourth-order valence-corrected chi connectivity index (χ4v) is 3.38. The molecule has 1 unspecified atom stereocenters. The summed E-state index contributed by atoms with van der Waals surface area (Å²) in [7, 11) is 0. The molecule has 1 aliphatic rings. The number of anilines is 1. The molecular formula is C20H29N7O. The Balaban J connectivity index is 1.76. The summed E-state index contributed by atoms with van der Waals surface area (Å²) in [6.45, 7) is 8.31. The number of hydrogen-bond donors (Lipinski definition) is 3. The zero-order chi connectivity index (χ0) is 20.1. The third-order valence-corrected chi connectivity index (χ3v) is 5.25. The Morgan fingerprint density at radius 1 is 1.54 bits per heavy atom. The molecule has 4 N–H and O–H groups in total. The summed E-state index contributed by atoms with van der Waals surface area (Å²) in [6.07, 6.45) is 8.64. The molecule has 0 aliphatic carbocycles. The molecule has 3 heterocycles. The Kier molecular flexibility index (Phi) is 6.28. The molecule has 1 aliphatic heterocycles. The first-order valence-corrected chi connectivity index (χ1v) is 9.83. The van der Waals surface area contributed by atoms with E-state index in [2.05, 4.69) is 57.1 Å². The van der Waals surface area contributed by atoms with Crippen LogP contribution in [0.3, 0.4) is 0 Å². The van der Waals surface area contributed by atoms with Gasteiger partial charge in [0.1, 0.15) is 11.7 Å². The average molecular weight is 384 g/mol. The largest absolute Gasteiger partial charge is 0.403 e. The average Bonchev–Trinajstić information content (AvgIpc) is 3.28. The molecule has 28 heavy (non-hydrogen) atoms. The van der Waals surface area contributed by atoms with Crippen molar-refractivity contribution in [1.82, 2.24) is 19.9 Å². The van der Waals surface area contributed by atoms with E-state index >= 15 is 0 Å². The van der Waals surface area contributed by atoms with E-state index in [0.29, 0.717) is 36.4 Å². The van der Waals surface area contributed by atoms with Crippen LogP contribution in [0.15, 0.2) is 35.3 Å². The highest BCUT2D eigenvalue weighted by molar-refractivity contribution is 5.89. The predicted molar refractivity (Wildman–Crippen MR) is 112 cm³/mol. The minimum atomic E-state index is -0.362. The van der Waals surface area contributed by atoms with Crippen LogP contribution in [0.25, 0.3) is 11.0 Å². The molecular weight excluding hydrogens is 354 g/mol. The fourth-order valence-electron chi connectivity index (χ4n) is 3.38. The normalized spacial score (nSPS) is 18.9. The van der Waals surface area contributed by atoms with Crippen LogP contribution in [0.1, 0.15) is 33.6 Å². The van der Waals surface area contributed by atoms with Crippen LogP contribution in [0, 0.1) is 11.8 Å². The number of amides is 1. The van der Waals surface area contributed by atoms with Crippen molar-refractivity contribution >= 4 is 29.1 Å². The summed E-state index contributed by atoms with van der Waals surface area (Å²) >= 11 is 0. The van der Waals surface area contributed by atoms with Gasteiger partial charge < -0.3 is 20.9 Å². The van der Waals surface area contributed by atoms with Gasteiger partial charge in [-0.25, -0.2) is 4.98 Å². The van der Waals surface area contributed by atoms with Gasteiger partial charge in [0.25, 0.3) is 0 Å². The summed E-state index contributed by atoms with van der Waals surface area (Å²) in [5.41, 5.74) is 7.14. The Labute approximate surface area is 165 Å². The lowest BCUT2D eigenvalue weighted by Gasteiger charge is -2.20. The number of fused-ring (bicyclic) bond motifs is 1. The lowest BCUT2D eigenvalue weighted by molar-refractivity contribution is -0.120. The first-order chi connectivity index (χ1) is 13.5. The lowest BCUT2D eigenvalue weighted by Crippen LogP contribution is -2.21. The summed E-state index contributed by atoms with van der Waals surface area (Å²) < 4.78 is 2.18. The molecule has 1 amide bonds. The highest BCUT2D eigenvalue weighted by Crippen LogP contribution is 2.21. The zero-order valence-electron chi connectivity index (χ0n) is 16.7. The van der Waals surface area contributed by atoms with Gasteiger partial charge in [-0.3, -0.25) is 9.79 Å².